The van der Waals surface area contributed by atoms with Gasteiger partial charge in [-0.15, -0.1) is 0 Å². The average Bonchev–Trinajstić information content (AvgIpc) is 2.26. The van der Waals surface area contributed by atoms with E-state index in [1.54, 1.807) is 0 Å². The third kappa shape index (κ3) is 4.63. The number of carbonyl (C=O) groups is 1. The lowest BCUT2D eigenvalue weighted by molar-refractivity contribution is -0.118. The predicted octanol–water partition coefficient (Wildman–Crippen LogP) is 0.0548. The van der Waals surface area contributed by atoms with Gasteiger partial charge in [-0.25, -0.2) is 8.42 Å². The smallest absolute Gasteiger partial charge is 0.235 e. The minimum absolute atomic E-state index is 0.326. The minimum Gasteiger partial charge on any atom is -0.354 e. The average molecular weight is 262 g/mol. The van der Waals surface area contributed by atoms with Crippen LogP contribution in [-0.4, -0.2) is 38.4 Å². The van der Waals surface area contributed by atoms with Gasteiger partial charge in [-0.1, -0.05) is 19.8 Å². The van der Waals surface area contributed by atoms with Crippen molar-refractivity contribution in [1.29, 1.82) is 0 Å². The fraction of sp³-hybridized carbons (Fsp3) is 0.909. The minimum atomic E-state index is -3.30. The van der Waals surface area contributed by atoms with E-state index in [2.05, 4.69) is 12.2 Å². The molecule has 2 unspecified atom stereocenters. The highest BCUT2D eigenvalue weighted by Gasteiger charge is 2.31. The van der Waals surface area contributed by atoms with Crippen LogP contribution in [0, 0.1) is 5.92 Å². The second-order valence-electron chi connectivity index (χ2n) is 4.84. The molecule has 0 spiro atoms. The van der Waals surface area contributed by atoms with Crippen LogP contribution in [0.5, 0.6) is 0 Å². The summed E-state index contributed by atoms with van der Waals surface area (Å²) in [7, 11) is -3.30. The molecule has 0 aromatic heterocycles. The summed E-state index contributed by atoms with van der Waals surface area (Å²) in [6, 6.07) is 0. The summed E-state index contributed by atoms with van der Waals surface area (Å²) in [6.45, 7) is 2.72. The van der Waals surface area contributed by atoms with E-state index in [-0.39, 0.29) is 5.25 Å². The Morgan fingerprint density at radius 1 is 1.41 bits per heavy atom. The van der Waals surface area contributed by atoms with E-state index in [0.717, 1.165) is 12.8 Å². The summed E-state index contributed by atoms with van der Waals surface area (Å²) in [6.07, 6.45) is 3.41. The van der Waals surface area contributed by atoms with Crippen molar-refractivity contribution < 1.29 is 13.2 Å². The third-order valence-corrected chi connectivity index (χ3v) is 5.30. The molecule has 17 heavy (non-hydrogen) atoms. The Balaban J connectivity index is 2.52. The van der Waals surface area contributed by atoms with Crippen molar-refractivity contribution in [3.05, 3.63) is 0 Å². The maximum atomic E-state index is 12.0. The van der Waals surface area contributed by atoms with E-state index in [1.807, 2.05) is 0 Å². The van der Waals surface area contributed by atoms with Crippen LogP contribution in [0.1, 0.15) is 32.6 Å². The lowest BCUT2D eigenvalue weighted by Gasteiger charge is -2.26. The second-order valence-corrected chi connectivity index (χ2v) is 7.12. The highest BCUT2D eigenvalue weighted by atomic mass is 32.2. The van der Waals surface area contributed by atoms with Crippen LogP contribution < -0.4 is 11.1 Å². The van der Waals surface area contributed by atoms with Gasteiger partial charge in [0.25, 0.3) is 0 Å². The molecule has 0 aromatic rings. The first-order valence-corrected chi connectivity index (χ1v) is 7.85. The van der Waals surface area contributed by atoms with Crippen molar-refractivity contribution >= 4 is 15.7 Å². The van der Waals surface area contributed by atoms with Crippen LogP contribution in [0.4, 0.5) is 0 Å². The third-order valence-electron chi connectivity index (χ3n) is 3.19. The largest absolute Gasteiger partial charge is 0.354 e. The van der Waals surface area contributed by atoms with Gasteiger partial charge in [-0.3, -0.25) is 4.79 Å². The zero-order valence-corrected chi connectivity index (χ0v) is 11.1. The highest BCUT2D eigenvalue weighted by molar-refractivity contribution is 7.92. The zero-order chi connectivity index (χ0) is 12.9. The van der Waals surface area contributed by atoms with Crippen molar-refractivity contribution in [3.63, 3.8) is 0 Å². The summed E-state index contributed by atoms with van der Waals surface area (Å²) >= 11 is 0. The van der Waals surface area contributed by atoms with Gasteiger partial charge in [-0.2, -0.15) is 0 Å². The zero-order valence-electron chi connectivity index (χ0n) is 10.3. The molecule has 1 amide bonds. The number of carbonyl (C=O) groups excluding carboxylic acids is 1. The van der Waals surface area contributed by atoms with Gasteiger partial charge < -0.3 is 11.1 Å². The molecule has 100 valence electrons. The van der Waals surface area contributed by atoms with Crippen molar-refractivity contribution in [3.8, 4) is 0 Å². The Kier molecular flexibility index (Phi) is 5.39. The van der Waals surface area contributed by atoms with Crippen molar-refractivity contribution in [2.75, 3.05) is 18.8 Å². The quantitative estimate of drug-likeness (QED) is 0.733. The molecule has 1 aliphatic rings. The van der Waals surface area contributed by atoms with Gasteiger partial charge in [0.15, 0.2) is 9.84 Å². The summed E-state index contributed by atoms with van der Waals surface area (Å²) in [5.41, 5.74) is 5.24. The summed E-state index contributed by atoms with van der Waals surface area (Å²) < 4.78 is 24.0. The van der Waals surface area contributed by atoms with Crippen LogP contribution >= 0.6 is 0 Å². The number of rotatable bonds is 5. The first-order chi connectivity index (χ1) is 7.95. The van der Waals surface area contributed by atoms with Crippen molar-refractivity contribution in [2.45, 2.75) is 37.9 Å². The van der Waals surface area contributed by atoms with E-state index in [4.69, 9.17) is 5.73 Å². The maximum absolute atomic E-state index is 12.0. The molecular formula is C11H22N2O3S. The molecule has 2 atom stereocenters. The first kappa shape index (κ1) is 14.4. The molecule has 1 rings (SSSR count). The normalized spacial score (nSPS) is 25.5. The maximum Gasteiger partial charge on any atom is 0.235 e. The number of amides is 1. The molecule has 6 heteroatoms. The van der Waals surface area contributed by atoms with E-state index in [1.165, 1.54) is 0 Å². The van der Waals surface area contributed by atoms with Crippen LogP contribution in [0.2, 0.25) is 0 Å². The molecule has 1 fully saturated rings. The van der Waals surface area contributed by atoms with Crippen molar-refractivity contribution in [2.24, 2.45) is 11.7 Å². The SMILES string of the molecule is CC1CCCC(S(=O)(=O)CC(=O)NCCN)C1. The van der Waals surface area contributed by atoms with Crippen LogP contribution in [0.25, 0.3) is 0 Å². The molecule has 0 radical (unpaired) electrons. The Hall–Kier alpha value is -0.620. The molecule has 0 saturated heterocycles. The number of hydrogen-bond acceptors (Lipinski definition) is 4. The van der Waals surface area contributed by atoms with Gasteiger partial charge in [0, 0.05) is 13.1 Å². The Morgan fingerprint density at radius 2 is 2.12 bits per heavy atom. The lowest BCUT2D eigenvalue weighted by atomic mass is 9.91. The van der Waals surface area contributed by atoms with Crippen LogP contribution in [-0.2, 0) is 14.6 Å². The molecule has 3 N–H and O–H groups in total. The van der Waals surface area contributed by atoms with Gasteiger partial charge in [0.2, 0.25) is 5.91 Å². The molecule has 0 aromatic carbocycles. The fourth-order valence-corrected chi connectivity index (χ4v) is 4.12. The number of nitrogens with two attached hydrogens (primary N) is 1. The Labute approximate surface area is 103 Å². The van der Waals surface area contributed by atoms with Gasteiger partial charge in [0.1, 0.15) is 5.75 Å². The van der Waals surface area contributed by atoms with Gasteiger partial charge in [-0.05, 0) is 18.8 Å². The number of nitrogens with one attached hydrogen (secondary N) is 1. The molecule has 1 aliphatic carbocycles. The van der Waals surface area contributed by atoms with Crippen LogP contribution in [0.3, 0.4) is 0 Å². The predicted molar refractivity (Wildman–Crippen MR) is 67.3 cm³/mol. The molecule has 0 heterocycles. The standard InChI is InChI=1S/C11H22N2O3S/c1-9-3-2-4-10(7-9)17(15,16)8-11(14)13-6-5-12/h9-10H,2-8,12H2,1H3,(H,13,14). The monoisotopic (exact) mass is 262 g/mol. The molecule has 0 bridgehead atoms. The highest BCUT2D eigenvalue weighted by Crippen LogP contribution is 2.28. The summed E-state index contributed by atoms with van der Waals surface area (Å²) in [5.74, 6) is -0.394. The van der Waals surface area contributed by atoms with Gasteiger partial charge in [0.05, 0.1) is 5.25 Å². The molecule has 5 nitrogen and oxygen atoms in total. The second kappa shape index (κ2) is 6.35. The molecular weight excluding hydrogens is 240 g/mol. The Bertz CT molecular complexity index is 354. The summed E-state index contributed by atoms with van der Waals surface area (Å²) in [4.78, 5) is 11.4. The summed E-state index contributed by atoms with van der Waals surface area (Å²) in [5, 5.41) is 2.16. The topological polar surface area (TPSA) is 89.3 Å². The fourth-order valence-electron chi connectivity index (χ4n) is 2.27. The number of sulfone groups is 1. The Morgan fingerprint density at radius 3 is 2.71 bits per heavy atom. The molecule has 0 aliphatic heterocycles. The molecule has 1 saturated carbocycles. The van der Waals surface area contributed by atoms with E-state index >= 15 is 0 Å². The van der Waals surface area contributed by atoms with E-state index < -0.39 is 21.5 Å². The van der Waals surface area contributed by atoms with Crippen molar-refractivity contribution in [1.82, 2.24) is 5.32 Å². The van der Waals surface area contributed by atoms with E-state index in [9.17, 15) is 13.2 Å². The lowest BCUT2D eigenvalue weighted by Crippen LogP contribution is -2.38. The van der Waals surface area contributed by atoms with Gasteiger partial charge >= 0.3 is 0 Å². The first-order valence-electron chi connectivity index (χ1n) is 6.14. The van der Waals surface area contributed by atoms with Crippen LogP contribution in [0.15, 0.2) is 0 Å². The van der Waals surface area contributed by atoms with E-state index in [0.29, 0.717) is 31.8 Å². The number of hydrogen-bond donors (Lipinski definition) is 2.